The molecule has 1 fully saturated rings. The Labute approximate surface area is 121 Å². The molecule has 1 saturated carbocycles. The topological polar surface area (TPSA) is 35.5 Å². The highest BCUT2D eigenvalue weighted by Gasteiger charge is 2.31. The second kappa shape index (κ2) is 7.32. The molecule has 2 rings (SSSR count). The summed E-state index contributed by atoms with van der Waals surface area (Å²) in [6.45, 7) is 4.49. The third kappa shape index (κ3) is 3.53. The Balaban J connectivity index is 2.21. The van der Waals surface area contributed by atoms with E-state index >= 15 is 0 Å². The van der Waals surface area contributed by atoms with E-state index in [2.05, 4.69) is 6.07 Å². The van der Waals surface area contributed by atoms with E-state index in [1.165, 1.54) is 12.0 Å². The summed E-state index contributed by atoms with van der Waals surface area (Å²) in [5.74, 6) is 1.09. The first-order chi connectivity index (χ1) is 9.76. The summed E-state index contributed by atoms with van der Waals surface area (Å²) in [4.78, 5) is 11.6. The quantitative estimate of drug-likeness (QED) is 0.761. The van der Waals surface area contributed by atoms with Gasteiger partial charge in [-0.3, -0.25) is 4.79 Å². The maximum absolute atomic E-state index is 11.6. The summed E-state index contributed by atoms with van der Waals surface area (Å²) in [6, 6.07) is 8.13. The fraction of sp³-hybridized carbons (Fsp3) is 0.588. The van der Waals surface area contributed by atoms with Crippen molar-refractivity contribution >= 4 is 5.97 Å². The zero-order valence-corrected chi connectivity index (χ0v) is 12.4. The number of ether oxygens (including phenoxy) is 2. The molecule has 0 N–H and O–H groups in total. The predicted molar refractivity (Wildman–Crippen MR) is 79.0 cm³/mol. The highest BCUT2D eigenvalue weighted by molar-refractivity contribution is 5.69. The Hall–Kier alpha value is -1.51. The lowest BCUT2D eigenvalue weighted by molar-refractivity contribution is -0.151. The van der Waals surface area contributed by atoms with Gasteiger partial charge in [0.1, 0.15) is 11.9 Å². The number of carbonyl (C=O) groups excluding carboxylic acids is 1. The largest absolute Gasteiger partial charge is 0.494 e. The van der Waals surface area contributed by atoms with Crippen molar-refractivity contribution in [2.75, 3.05) is 6.61 Å². The van der Waals surface area contributed by atoms with Crippen LogP contribution in [0.25, 0.3) is 0 Å². The summed E-state index contributed by atoms with van der Waals surface area (Å²) < 4.78 is 11.4. The molecule has 2 atom stereocenters. The lowest BCUT2D eigenvalue weighted by Gasteiger charge is -2.32. The van der Waals surface area contributed by atoms with E-state index in [0.29, 0.717) is 13.0 Å². The molecule has 0 amide bonds. The summed E-state index contributed by atoms with van der Waals surface area (Å²) in [5, 5.41) is 0. The highest BCUT2D eigenvalue weighted by atomic mass is 16.5. The minimum Gasteiger partial charge on any atom is -0.494 e. The Morgan fingerprint density at radius 1 is 1.20 bits per heavy atom. The van der Waals surface area contributed by atoms with Crippen molar-refractivity contribution in [1.82, 2.24) is 0 Å². The van der Waals surface area contributed by atoms with Gasteiger partial charge < -0.3 is 9.47 Å². The molecule has 0 aromatic heterocycles. The molecule has 1 aromatic rings. The molecule has 0 saturated heterocycles. The van der Waals surface area contributed by atoms with E-state index in [1.807, 2.05) is 32.0 Å². The molecule has 20 heavy (non-hydrogen) atoms. The van der Waals surface area contributed by atoms with Crippen LogP contribution < -0.4 is 4.74 Å². The predicted octanol–water partition coefficient (Wildman–Crippen LogP) is 4.06. The second-order valence-electron chi connectivity index (χ2n) is 5.24. The van der Waals surface area contributed by atoms with Crippen LogP contribution in [0.4, 0.5) is 0 Å². The maximum Gasteiger partial charge on any atom is 0.305 e. The molecule has 1 aromatic carbocycles. The lowest BCUT2D eigenvalue weighted by atomic mass is 9.81. The Bertz CT molecular complexity index is 442. The first-order valence-corrected chi connectivity index (χ1v) is 7.67. The fourth-order valence-corrected chi connectivity index (χ4v) is 2.92. The van der Waals surface area contributed by atoms with Crippen molar-refractivity contribution < 1.29 is 14.3 Å². The molecular formula is C17H24O3. The zero-order valence-electron chi connectivity index (χ0n) is 12.4. The van der Waals surface area contributed by atoms with Crippen LogP contribution in [-0.4, -0.2) is 18.7 Å². The minimum atomic E-state index is -0.101. The van der Waals surface area contributed by atoms with Gasteiger partial charge in [0.2, 0.25) is 0 Å². The van der Waals surface area contributed by atoms with Gasteiger partial charge in [-0.05, 0) is 32.3 Å². The Kier molecular flexibility index (Phi) is 5.45. The first-order valence-electron chi connectivity index (χ1n) is 7.67. The molecule has 0 unspecified atom stereocenters. The summed E-state index contributed by atoms with van der Waals surface area (Å²) in [5.41, 5.74) is 1.18. The smallest absolute Gasteiger partial charge is 0.305 e. The van der Waals surface area contributed by atoms with Gasteiger partial charge in [-0.1, -0.05) is 31.5 Å². The van der Waals surface area contributed by atoms with Gasteiger partial charge >= 0.3 is 5.97 Å². The van der Waals surface area contributed by atoms with Gasteiger partial charge in [-0.2, -0.15) is 0 Å². The first kappa shape index (κ1) is 14.9. The zero-order chi connectivity index (χ0) is 14.4. The number of para-hydroxylation sites is 1. The van der Waals surface area contributed by atoms with Crippen LogP contribution in [0.1, 0.15) is 57.4 Å². The van der Waals surface area contributed by atoms with E-state index in [-0.39, 0.29) is 18.0 Å². The van der Waals surface area contributed by atoms with Gasteiger partial charge in [-0.25, -0.2) is 0 Å². The molecule has 0 spiro atoms. The molecular weight excluding hydrogens is 252 g/mol. The SMILES string of the molecule is CCOc1ccccc1[C@H]1CCCC[C@@H]1OC(=O)CC. The van der Waals surface area contributed by atoms with Crippen LogP contribution in [0.2, 0.25) is 0 Å². The number of hydrogen-bond donors (Lipinski definition) is 0. The summed E-state index contributed by atoms with van der Waals surface area (Å²) in [7, 11) is 0. The third-order valence-electron chi connectivity index (χ3n) is 3.89. The Morgan fingerprint density at radius 2 is 1.95 bits per heavy atom. The van der Waals surface area contributed by atoms with Crippen molar-refractivity contribution in [3.8, 4) is 5.75 Å². The van der Waals surface area contributed by atoms with Crippen molar-refractivity contribution in [2.45, 2.75) is 58.0 Å². The van der Waals surface area contributed by atoms with Crippen LogP contribution in [0.5, 0.6) is 5.75 Å². The maximum atomic E-state index is 11.6. The Morgan fingerprint density at radius 3 is 2.70 bits per heavy atom. The number of rotatable bonds is 5. The molecule has 0 heterocycles. The molecule has 0 bridgehead atoms. The van der Waals surface area contributed by atoms with Gasteiger partial charge in [0.25, 0.3) is 0 Å². The van der Waals surface area contributed by atoms with Gasteiger partial charge in [0.05, 0.1) is 6.61 Å². The molecule has 0 radical (unpaired) electrons. The summed E-state index contributed by atoms with van der Waals surface area (Å²) >= 11 is 0. The standard InChI is InChI=1S/C17H24O3/c1-3-17(18)20-16-12-8-6-10-14(16)13-9-5-7-11-15(13)19-4-2/h5,7,9,11,14,16H,3-4,6,8,10,12H2,1-2H3/t14-,16+/m1/s1. The van der Waals surface area contributed by atoms with Crippen LogP contribution in [0.15, 0.2) is 24.3 Å². The van der Waals surface area contributed by atoms with Gasteiger partial charge in [0, 0.05) is 17.9 Å². The molecule has 110 valence electrons. The van der Waals surface area contributed by atoms with E-state index in [9.17, 15) is 4.79 Å². The number of benzene rings is 1. The van der Waals surface area contributed by atoms with E-state index in [0.717, 1.165) is 25.0 Å². The minimum absolute atomic E-state index is 0.00203. The number of hydrogen-bond acceptors (Lipinski definition) is 3. The van der Waals surface area contributed by atoms with Crippen molar-refractivity contribution in [1.29, 1.82) is 0 Å². The summed E-state index contributed by atoms with van der Waals surface area (Å²) in [6.07, 6.45) is 4.77. The average molecular weight is 276 g/mol. The molecule has 1 aliphatic carbocycles. The average Bonchev–Trinajstić information content (AvgIpc) is 2.49. The molecule has 1 aliphatic rings. The monoisotopic (exact) mass is 276 g/mol. The van der Waals surface area contributed by atoms with Crippen LogP contribution in [0, 0.1) is 0 Å². The van der Waals surface area contributed by atoms with Crippen LogP contribution in [-0.2, 0) is 9.53 Å². The third-order valence-corrected chi connectivity index (χ3v) is 3.89. The normalized spacial score (nSPS) is 22.3. The van der Waals surface area contributed by atoms with Gasteiger partial charge in [-0.15, -0.1) is 0 Å². The van der Waals surface area contributed by atoms with Crippen molar-refractivity contribution in [3.05, 3.63) is 29.8 Å². The van der Waals surface area contributed by atoms with E-state index in [4.69, 9.17) is 9.47 Å². The number of esters is 1. The fourth-order valence-electron chi connectivity index (χ4n) is 2.92. The second-order valence-corrected chi connectivity index (χ2v) is 5.24. The van der Waals surface area contributed by atoms with Crippen molar-refractivity contribution in [3.63, 3.8) is 0 Å². The number of carbonyl (C=O) groups is 1. The molecule has 0 aliphatic heterocycles. The van der Waals surface area contributed by atoms with Crippen LogP contribution in [0.3, 0.4) is 0 Å². The van der Waals surface area contributed by atoms with Gasteiger partial charge in [0.15, 0.2) is 0 Å². The highest BCUT2D eigenvalue weighted by Crippen LogP contribution is 2.39. The van der Waals surface area contributed by atoms with Crippen molar-refractivity contribution in [2.24, 2.45) is 0 Å². The molecule has 3 heteroatoms. The van der Waals surface area contributed by atoms with E-state index in [1.54, 1.807) is 0 Å². The van der Waals surface area contributed by atoms with E-state index < -0.39 is 0 Å². The van der Waals surface area contributed by atoms with Crippen LogP contribution >= 0.6 is 0 Å². The lowest BCUT2D eigenvalue weighted by Crippen LogP contribution is -2.28. The molecule has 3 nitrogen and oxygen atoms in total.